The van der Waals surface area contributed by atoms with E-state index in [2.05, 4.69) is 15.4 Å². The smallest absolute Gasteiger partial charge is 0.258 e. The number of nitrogens with one attached hydrogen (secondary N) is 1. The Bertz CT molecular complexity index is 819. The summed E-state index contributed by atoms with van der Waals surface area (Å²) in [6.07, 6.45) is 6.22. The van der Waals surface area contributed by atoms with E-state index >= 15 is 0 Å². The fourth-order valence-electron chi connectivity index (χ4n) is 3.03. The molecule has 2 amide bonds. The molecule has 1 N–H and O–H groups in total. The van der Waals surface area contributed by atoms with Crippen LogP contribution >= 0.6 is 0 Å². The standard InChI is InChI=1S/C17H20FN5O2/c1-4-10(2)15-16(24)21-14-7-19-6-13(18)12(14)9-23(15)17(25)11-5-20-22(3)8-11/h5-8,10,15H,4,9H2,1-3H3,(H,21,24)/t10-,15?/m0/s1. The van der Waals surface area contributed by atoms with Crippen LogP contribution in [0.3, 0.4) is 0 Å². The Morgan fingerprint density at radius 3 is 2.84 bits per heavy atom. The summed E-state index contributed by atoms with van der Waals surface area (Å²) in [5, 5.41) is 6.73. The van der Waals surface area contributed by atoms with E-state index in [1.54, 1.807) is 13.2 Å². The molecule has 8 heteroatoms. The summed E-state index contributed by atoms with van der Waals surface area (Å²) in [5.41, 5.74) is 0.924. The van der Waals surface area contributed by atoms with E-state index in [-0.39, 0.29) is 29.8 Å². The van der Waals surface area contributed by atoms with Gasteiger partial charge in [-0.2, -0.15) is 5.10 Å². The van der Waals surface area contributed by atoms with Gasteiger partial charge in [-0.15, -0.1) is 0 Å². The monoisotopic (exact) mass is 345 g/mol. The largest absolute Gasteiger partial charge is 0.323 e. The summed E-state index contributed by atoms with van der Waals surface area (Å²) in [5.74, 6) is -1.33. The summed E-state index contributed by atoms with van der Waals surface area (Å²) >= 11 is 0. The lowest BCUT2D eigenvalue weighted by atomic mass is 9.96. The highest BCUT2D eigenvalue weighted by molar-refractivity contribution is 6.02. The molecule has 132 valence electrons. The normalized spacial score (nSPS) is 18.3. The van der Waals surface area contributed by atoms with E-state index in [1.165, 1.54) is 22.0 Å². The number of hydrogen-bond acceptors (Lipinski definition) is 4. The van der Waals surface area contributed by atoms with Crippen molar-refractivity contribution in [3.8, 4) is 0 Å². The number of aromatic nitrogens is 3. The number of nitrogens with zero attached hydrogens (tertiary/aromatic N) is 4. The van der Waals surface area contributed by atoms with Crippen LogP contribution in [0.2, 0.25) is 0 Å². The van der Waals surface area contributed by atoms with Gasteiger partial charge in [0.05, 0.1) is 36.4 Å². The zero-order valence-electron chi connectivity index (χ0n) is 14.4. The molecule has 2 aromatic heterocycles. The van der Waals surface area contributed by atoms with Crippen molar-refractivity contribution in [1.82, 2.24) is 19.7 Å². The van der Waals surface area contributed by atoms with Crippen LogP contribution in [-0.2, 0) is 18.4 Å². The van der Waals surface area contributed by atoms with E-state index in [4.69, 9.17) is 0 Å². The number of pyridine rings is 1. The molecule has 25 heavy (non-hydrogen) atoms. The molecule has 0 aliphatic carbocycles. The molecule has 0 spiro atoms. The topological polar surface area (TPSA) is 80.1 Å². The Kier molecular flexibility index (Phi) is 4.52. The van der Waals surface area contributed by atoms with Crippen LogP contribution < -0.4 is 5.32 Å². The van der Waals surface area contributed by atoms with E-state index in [0.29, 0.717) is 17.7 Å². The second-order valence-corrected chi connectivity index (χ2v) is 6.30. The molecule has 3 heterocycles. The molecule has 2 aromatic rings. The summed E-state index contributed by atoms with van der Waals surface area (Å²) in [4.78, 5) is 31.0. The number of anilines is 1. The SMILES string of the molecule is CC[C@H](C)C1C(=O)Nc2cncc(F)c2CN1C(=O)c1cnn(C)c1. The maximum Gasteiger partial charge on any atom is 0.258 e. The Labute approximate surface area is 144 Å². The molecule has 0 saturated carbocycles. The number of amides is 2. The van der Waals surface area contributed by atoms with E-state index < -0.39 is 11.9 Å². The zero-order valence-corrected chi connectivity index (χ0v) is 14.4. The number of carbonyl (C=O) groups is 2. The van der Waals surface area contributed by atoms with Crippen LogP contribution in [0.5, 0.6) is 0 Å². The highest BCUT2D eigenvalue weighted by atomic mass is 19.1. The Hall–Kier alpha value is -2.77. The third kappa shape index (κ3) is 3.11. The summed E-state index contributed by atoms with van der Waals surface area (Å²) in [7, 11) is 1.71. The lowest BCUT2D eigenvalue weighted by Crippen LogP contribution is -2.48. The number of hydrogen-bond donors (Lipinski definition) is 1. The molecule has 0 radical (unpaired) electrons. The van der Waals surface area contributed by atoms with Gasteiger partial charge in [-0.05, 0) is 5.92 Å². The first kappa shape index (κ1) is 17.1. The van der Waals surface area contributed by atoms with Gasteiger partial charge in [-0.1, -0.05) is 20.3 Å². The molecule has 1 unspecified atom stereocenters. The van der Waals surface area contributed by atoms with Gasteiger partial charge in [-0.3, -0.25) is 19.3 Å². The van der Waals surface area contributed by atoms with Crippen molar-refractivity contribution in [3.05, 3.63) is 41.7 Å². The van der Waals surface area contributed by atoms with Crippen LogP contribution in [0.25, 0.3) is 0 Å². The fraction of sp³-hybridized carbons (Fsp3) is 0.412. The van der Waals surface area contributed by atoms with Crippen LogP contribution in [0.4, 0.5) is 10.1 Å². The molecule has 1 aliphatic rings. The lowest BCUT2D eigenvalue weighted by Gasteiger charge is -2.32. The minimum absolute atomic E-state index is 0.00877. The van der Waals surface area contributed by atoms with Gasteiger partial charge in [0.15, 0.2) is 0 Å². The molecule has 1 aliphatic heterocycles. The third-order valence-corrected chi connectivity index (χ3v) is 4.59. The van der Waals surface area contributed by atoms with Crippen molar-refractivity contribution in [2.24, 2.45) is 13.0 Å². The van der Waals surface area contributed by atoms with Crippen molar-refractivity contribution in [1.29, 1.82) is 0 Å². The number of rotatable bonds is 3. The summed E-state index contributed by atoms with van der Waals surface area (Å²) in [6.45, 7) is 3.84. The van der Waals surface area contributed by atoms with Gasteiger partial charge in [0.25, 0.3) is 5.91 Å². The predicted molar refractivity (Wildman–Crippen MR) is 89.1 cm³/mol. The maximum atomic E-state index is 14.3. The van der Waals surface area contributed by atoms with Gasteiger partial charge in [0.1, 0.15) is 11.9 Å². The molecule has 0 fully saturated rings. The van der Waals surface area contributed by atoms with Gasteiger partial charge in [-0.25, -0.2) is 4.39 Å². The van der Waals surface area contributed by atoms with E-state index in [0.717, 1.165) is 6.20 Å². The molecule has 0 saturated heterocycles. The first-order valence-electron chi connectivity index (χ1n) is 8.15. The Morgan fingerprint density at radius 1 is 1.44 bits per heavy atom. The highest BCUT2D eigenvalue weighted by Crippen LogP contribution is 2.29. The van der Waals surface area contributed by atoms with Crippen molar-refractivity contribution in [2.45, 2.75) is 32.9 Å². The lowest BCUT2D eigenvalue weighted by molar-refractivity contribution is -0.122. The molecule has 7 nitrogen and oxygen atoms in total. The van der Waals surface area contributed by atoms with Crippen LogP contribution in [0.15, 0.2) is 24.8 Å². The second kappa shape index (κ2) is 6.62. The summed E-state index contributed by atoms with van der Waals surface area (Å²) in [6, 6.07) is -0.704. The quantitative estimate of drug-likeness (QED) is 0.922. The molecule has 0 bridgehead atoms. The zero-order chi connectivity index (χ0) is 18.1. The number of aryl methyl sites for hydroxylation is 1. The van der Waals surface area contributed by atoms with Crippen molar-refractivity contribution in [3.63, 3.8) is 0 Å². The number of fused-ring (bicyclic) bond motifs is 1. The average Bonchev–Trinajstić information content (AvgIpc) is 2.95. The number of carbonyl (C=O) groups excluding carboxylic acids is 2. The van der Waals surface area contributed by atoms with Crippen LogP contribution in [-0.4, -0.2) is 37.5 Å². The van der Waals surface area contributed by atoms with Crippen LogP contribution in [0.1, 0.15) is 36.2 Å². The Balaban J connectivity index is 2.07. The first-order chi connectivity index (χ1) is 11.9. The maximum absolute atomic E-state index is 14.3. The average molecular weight is 345 g/mol. The molecular weight excluding hydrogens is 325 g/mol. The highest BCUT2D eigenvalue weighted by Gasteiger charge is 2.38. The van der Waals surface area contributed by atoms with Gasteiger partial charge >= 0.3 is 0 Å². The van der Waals surface area contributed by atoms with Crippen molar-refractivity contribution >= 4 is 17.5 Å². The van der Waals surface area contributed by atoms with Gasteiger partial charge in [0, 0.05) is 18.8 Å². The van der Waals surface area contributed by atoms with Crippen LogP contribution in [0, 0.1) is 11.7 Å². The van der Waals surface area contributed by atoms with Gasteiger partial charge < -0.3 is 10.2 Å². The van der Waals surface area contributed by atoms with E-state index in [1.807, 2.05) is 13.8 Å². The fourth-order valence-corrected chi connectivity index (χ4v) is 3.03. The molecule has 2 atom stereocenters. The minimum atomic E-state index is -0.704. The molecular formula is C17H20FN5O2. The van der Waals surface area contributed by atoms with Crippen molar-refractivity contribution in [2.75, 3.05) is 5.32 Å². The second-order valence-electron chi connectivity index (χ2n) is 6.30. The molecule has 0 aromatic carbocycles. The van der Waals surface area contributed by atoms with Gasteiger partial charge in [0.2, 0.25) is 5.91 Å². The minimum Gasteiger partial charge on any atom is -0.323 e. The van der Waals surface area contributed by atoms with E-state index in [9.17, 15) is 14.0 Å². The first-order valence-corrected chi connectivity index (χ1v) is 8.15. The van der Waals surface area contributed by atoms with Crippen molar-refractivity contribution < 1.29 is 14.0 Å². The Morgan fingerprint density at radius 2 is 2.20 bits per heavy atom. The molecule has 3 rings (SSSR count). The number of halogens is 1. The summed E-state index contributed by atoms with van der Waals surface area (Å²) < 4.78 is 15.8. The third-order valence-electron chi connectivity index (χ3n) is 4.59. The predicted octanol–water partition coefficient (Wildman–Crippen LogP) is 1.96.